The molecule has 0 radical (unpaired) electrons. The van der Waals surface area contributed by atoms with Gasteiger partial charge in [-0.3, -0.25) is 4.79 Å². The van der Waals surface area contributed by atoms with Crippen LogP contribution >= 0.6 is 0 Å². The summed E-state index contributed by atoms with van der Waals surface area (Å²) in [6.07, 6.45) is 1.61. The third kappa shape index (κ3) is 6.35. The zero-order valence-corrected chi connectivity index (χ0v) is 21.5. The van der Waals surface area contributed by atoms with Gasteiger partial charge in [-0.15, -0.1) is 0 Å². The van der Waals surface area contributed by atoms with Crippen molar-refractivity contribution in [3.05, 3.63) is 83.2 Å². The molecule has 0 N–H and O–H groups in total. The number of aryl methyl sites for hydroxylation is 1. The summed E-state index contributed by atoms with van der Waals surface area (Å²) >= 11 is 0. The first-order valence-corrected chi connectivity index (χ1v) is 13.4. The maximum atomic E-state index is 13.5. The van der Waals surface area contributed by atoms with Gasteiger partial charge in [0.1, 0.15) is 0 Å². The Kier molecular flexibility index (Phi) is 8.31. The van der Waals surface area contributed by atoms with Crippen molar-refractivity contribution in [1.29, 1.82) is 0 Å². The molecule has 2 aromatic carbocycles. The predicted octanol–water partition coefficient (Wildman–Crippen LogP) is 4.85. The van der Waals surface area contributed by atoms with Gasteiger partial charge in [0.2, 0.25) is 20.9 Å². The van der Waals surface area contributed by atoms with Crippen LogP contribution < -0.4 is 0 Å². The number of benzene rings is 2. The number of amides is 1. The van der Waals surface area contributed by atoms with Gasteiger partial charge in [-0.25, -0.2) is 13.4 Å². The lowest BCUT2D eigenvalue weighted by Gasteiger charge is -2.27. The molecular formula is C27H35N3O3S. The number of hydrogen-bond acceptors (Lipinski definition) is 4. The fourth-order valence-electron chi connectivity index (χ4n) is 3.98. The van der Waals surface area contributed by atoms with Crippen LogP contribution in [0.15, 0.2) is 66.0 Å². The standard InChI is InChI=1S/C27H35N3O3S/c1-20(2)16-29(26(31)21(3)4)18-25-15-28-27(30(25)17-23-12-7-6-8-13-23)34(32,33)19-24-14-10-9-11-22(24)5/h6-15,20-21H,16-19H2,1-5H3. The minimum atomic E-state index is -3.71. The predicted molar refractivity (Wildman–Crippen MR) is 135 cm³/mol. The molecule has 0 bridgehead atoms. The van der Waals surface area contributed by atoms with Crippen LogP contribution in [0.5, 0.6) is 0 Å². The van der Waals surface area contributed by atoms with Gasteiger partial charge in [0, 0.05) is 12.5 Å². The minimum Gasteiger partial charge on any atom is -0.336 e. The Morgan fingerprint density at radius 2 is 1.65 bits per heavy atom. The molecule has 1 aromatic heterocycles. The molecule has 3 aromatic rings. The number of carbonyl (C=O) groups excluding carboxylic acids is 1. The second-order valence-corrected chi connectivity index (χ2v) is 11.4. The largest absolute Gasteiger partial charge is 0.336 e. The molecule has 0 spiro atoms. The van der Waals surface area contributed by atoms with E-state index in [1.54, 1.807) is 10.8 Å². The van der Waals surface area contributed by atoms with E-state index in [1.807, 2.05) is 80.3 Å². The zero-order valence-electron chi connectivity index (χ0n) is 20.7. The smallest absolute Gasteiger partial charge is 0.228 e. The molecule has 6 nitrogen and oxygen atoms in total. The van der Waals surface area contributed by atoms with Crippen LogP contribution in [-0.4, -0.2) is 35.3 Å². The van der Waals surface area contributed by atoms with Gasteiger partial charge in [0.05, 0.1) is 30.7 Å². The lowest BCUT2D eigenvalue weighted by Crippen LogP contribution is -2.37. The fraction of sp³-hybridized carbons (Fsp3) is 0.407. The van der Waals surface area contributed by atoms with Crippen molar-refractivity contribution >= 4 is 15.7 Å². The maximum Gasteiger partial charge on any atom is 0.228 e. The zero-order chi connectivity index (χ0) is 24.9. The number of rotatable bonds is 10. The molecule has 3 rings (SSSR count). The molecule has 1 heterocycles. The Hall–Kier alpha value is -2.93. The van der Waals surface area contributed by atoms with Crippen molar-refractivity contribution in [2.75, 3.05) is 6.54 Å². The Morgan fingerprint density at radius 1 is 1.00 bits per heavy atom. The van der Waals surface area contributed by atoms with Gasteiger partial charge >= 0.3 is 0 Å². The SMILES string of the molecule is Cc1ccccc1CS(=O)(=O)c1ncc(CN(CC(C)C)C(=O)C(C)C)n1Cc1ccccc1. The van der Waals surface area contributed by atoms with Gasteiger partial charge in [-0.1, -0.05) is 82.3 Å². The monoisotopic (exact) mass is 481 g/mol. The summed E-state index contributed by atoms with van der Waals surface area (Å²) < 4.78 is 28.8. The molecule has 0 saturated heterocycles. The lowest BCUT2D eigenvalue weighted by atomic mass is 10.1. The Balaban J connectivity index is 2.03. The van der Waals surface area contributed by atoms with Gasteiger partial charge in [-0.2, -0.15) is 0 Å². The minimum absolute atomic E-state index is 0.0381. The molecule has 0 atom stereocenters. The van der Waals surface area contributed by atoms with Crippen LogP contribution in [0.1, 0.15) is 50.1 Å². The van der Waals surface area contributed by atoms with Crippen LogP contribution in [0.4, 0.5) is 0 Å². The van der Waals surface area contributed by atoms with E-state index < -0.39 is 9.84 Å². The van der Waals surface area contributed by atoms with E-state index in [0.717, 1.165) is 16.7 Å². The first kappa shape index (κ1) is 25.7. The number of imidazole rings is 1. The average molecular weight is 482 g/mol. The van der Waals surface area contributed by atoms with E-state index in [4.69, 9.17) is 0 Å². The summed E-state index contributed by atoms with van der Waals surface area (Å²) in [5, 5.41) is 0.0381. The van der Waals surface area contributed by atoms with E-state index in [0.29, 0.717) is 25.3 Å². The van der Waals surface area contributed by atoms with E-state index >= 15 is 0 Å². The molecule has 0 fully saturated rings. The third-order valence-electron chi connectivity index (χ3n) is 5.71. The molecule has 34 heavy (non-hydrogen) atoms. The van der Waals surface area contributed by atoms with E-state index in [2.05, 4.69) is 18.8 Å². The maximum absolute atomic E-state index is 13.5. The molecule has 0 unspecified atom stereocenters. The van der Waals surface area contributed by atoms with Gasteiger partial charge in [0.25, 0.3) is 0 Å². The second-order valence-electron chi connectivity index (χ2n) is 9.56. The van der Waals surface area contributed by atoms with Crippen LogP contribution in [0.2, 0.25) is 0 Å². The van der Waals surface area contributed by atoms with Crippen molar-refractivity contribution in [2.45, 2.75) is 58.6 Å². The summed E-state index contributed by atoms with van der Waals surface area (Å²) in [5.41, 5.74) is 3.37. The Bertz CT molecular complexity index is 1210. The van der Waals surface area contributed by atoms with Crippen molar-refractivity contribution in [3.8, 4) is 0 Å². The van der Waals surface area contributed by atoms with Gasteiger partial charge in [0.15, 0.2) is 0 Å². The van der Waals surface area contributed by atoms with Crippen LogP contribution in [0, 0.1) is 18.8 Å². The van der Waals surface area contributed by atoms with Crippen molar-refractivity contribution in [3.63, 3.8) is 0 Å². The number of aromatic nitrogens is 2. The molecular weight excluding hydrogens is 446 g/mol. The highest BCUT2D eigenvalue weighted by Crippen LogP contribution is 2.22. The summed E-state index contributed by atoms with van der Waals surface area (Å²) in [7, 11) is -3.71. The van der Waals surface area contributed by atoms with Gasteiger partial charge in [-0.05, 0) is 29.5 Å². The summed E-state index contributed by atoms with van der Waals surface area (Å²) in [6.45, 7) is 11.1. The van der Waals surface area contributed by atoms with Crippen molar-refractivity contribution in [1.82, 2.24) is 14.5 Å². The molecule has 0 aliphatic heterocycles. The van der Waals surface area contributed by atoms with E-state index in [1.165, 1.54) is 0 Å². The fourth-order valence-corrected chi connectivity index (χ4v) is 5.57. The highest BCUT2D eigenvalue weighted by molar-refractivity contribution is 7.90. The van der Waals surface area contributed by atoms with E-state index in [-0.39, 0.29) is 28.7 Å². The number of sulfone groups is 1. The first-order chi connectivity index (χ1) is 16.1. The highest BCUT2D eigenvalue weighted by Gasteiger charge is 2.27. The van der Waals surface area contributed by atoms with Crippen molar-refractivity contribution in [2.24, 2.45) is 11.8 Å². The van der Waals surface area contributed by atoms with Crippen LogP contribution in [-0.2, 0) is 33.5 Å². The first-order valence-electron chi connectivity index (χ1n) is 11.7. The van der Waals surface area contributed by atoms with Crippen LogP contribution in [0.25, 0.3) is 0 Å². The van der Waals surface area contributed by atoms with Crippen LogP contribution in [0.3, 0.4) is 0 Å². The lowest BCUT2D eigenvalue weighted by molar-refractivity contribution is -0.135. The molecule has 1 amide bonds. The highest BCUT2D eigenvalue weighted by atomic mass is 32.2. The quantitative estimate of drug-likeness (QED) is 0.415. The number of carbonyl (C=O) groups is 1. The number of hydrogen-bond donors (Lipinski definition) is 0. The molecule has 7 heteroatoms. The molecule has 0 saturated carbocycles. The molecule has 182 valence electrons. The summed E-state index contributed by atoms with van der Waals surface area (Å²) in [5.74, 6) is 0.0716. The third-order valence-corrected chi connectivity index (χ3v) is 7.29. The normalized spacial score (nSPS) is 11.9. The Labute approximate surface area is 203 Å². The summed E-state index contributed by atoms with van der Waals surface area (Å²) in [6, 6.07) is 17.2. The van der Waals surface area contributed by atoms with E-state index in [9.17, 15) is 13.2 Å². The molecule has 0 aliphatic rings. The average Bonchev–Trinajstić information content (AvgIpc) is 3.17. The summed E-state index contributed by atoms with van der Waals surface area (Å²) in [4.78, 5) is 19.1. The topological polar surface area (TPSA) is 72.3 Å². The second kappa shape index (κ2) is 11.0. The van der Waals surface area contributed by atoms with Crippen molar-refractivity contribution < 1.29 is 13.2 Å². The number of nitrogens with zero attached hydrogens (tertiary/aromatic N) is 3. The Morgan fingerprint density at radius 3 is 2.26 bits per heavy atom. The molecule has 0 aliphatic carbocycles. The van der Waals surface area contributed by atoms with Gasteiger partial charge < -0.3 is 9.47 Å².